The van der Waals surface area contributed by atoms with Gasteiger partial charge in [-0.2, -0.15) is 0 Å². The molecule has 0 aliphatic heterocycles. The number of rotatable bonds is 1. The van der Waals surface area contributed by atoms with Crippen LogP contribution in [0.1, 0.15) is 51.4 Å². The molecule has 0 amide bonds. The monoisotopic (exact) mass is 232 g/mol. The zero-order valence-corrected chi connectivity index (χ0v) is 9.01. The van der Waals surface area contributed by atoms with Gasteiger partial charge in [-0.3, -0.25) is 0 Å². The maximum atomic E-state index is 8.46. The van der Waals surface area contributed by atoms with Crippen molar-refractivity contribution in [1.82, 2.24) is 0 Å². The Morgan fingerprint density at radius 1 is 0.857 bits per heavy atom. The Bertz CT molecular complexity index is 129. The molecule has 1 N–H and O–H groups in total. The van der Waals surface area contributed by atoms with E-state index < -0.39 is 8.69 Å². The van der Waals surface area contributed by atoms with Crippen molar-refractivity contribution in [2.75, 3.05) is 0 Å². The molecule has 82 valence electrons. The van der Waals surface area contributed by atoms with Gasteiger partial charge < -0.3 is 4.89 Å². The van der Waals surface area contributed by atoms with Gasteiger partial charge in [0.2, 0.25) is 0 Å². The molecular weight excluding hydrogens is 210 g/mol. The smallest absolute Gasteiger partial charge is 0.310 e. The topological polar surface area (TPSA) is 37.3 Å². The quantitative estimate of drug-likeness (QED) is 0.556. The minimum Gasteiger partial charge on any atom is -0.310 e. The largest absolute Gasteiger partial charge is 0.324 e. The van der Waals surface area contributed by atoms with Crippen LogP contribution in [0, 0.1) is 11.8 Å². The highest BCUT2D eigenvalue weighted by atomic mass is 31.1. The Morgan fingerprint density at radius 2 is 1.07 bits per heavy atom. The van der Waals surface area contributed by atoms with Crippen molar-refractivity contribution in [3.63, 3.8) is 0 Å². The summed E-state index contributed by atoms with van der Waals surface area (Å²) in [5, 5.41) is 0. The first kappa shape index (κ1) is 14.6. The predicted octanol–water partition coefficient (Wildman–Crippen LogP) is 2.37. The summed E-state index contributed by atoms with van der Waals surface area (Å²) < 4.78 is 8.46. The molecule has 2 saturated carbocycles. The van der Waals surface area contributed by atoms with Crippen LogP contribution in [-0.4, -0.2) is 22.3 Å². The average Bonchev–Trinajstić information content (AvgIpc) is 2.78. The summed E-state index contributed by atoms with van der Waals surface area (Å²) in [6.45, 7) is 0. The lowest BCUT2D eigenvalue weighted by Crippen LogP contribution is -2.06. The lowest BCUT2D eigenvalue weighted by molar-refractivity contribution is 0.347. The molecule has 4 heteroatoms. The molecule has 0 radical (unpaired) electrons. The van der Waals surface area contributed by atoms with E-state index in [-0.39, 0.29) is 17.4 Å². The van der Waals surface area contributed by atoms with Crippen molar-refractivity contribution in [1.29, 1.82) is 0 Å². The van der Waals surface area contributed by atoms with Crippen LogP contribution in [0.4, 0.5) is 0 Å². The second-order valence-electron chi connectivity index (χ2n) is 4.17. The Balaban J connectivity index is 0.000000381. The fraction of sp³-hybridized carbons (Fsp3) is 1.00. The van der Waals surface area contributed by atoms with E-state index in [1.165, 1.54) is 25.7 Å². The van der Waals surface area contributed by atoms with Gasteiger partial charge in [0.15, 0.2) is 17.4 Å². The minimum absolute atomic E-state index is 0. The summed E-state index contributed by atoms with van der Waals surface area (Å²) in [4.78, 5) is 6.99. The molecule has 14 heavy (non-hydrogen) atoms. The molecule has 0 saturated heterocycles. The Morgan fingerprint density at radius 3 is 1.29 bits per heavy atom. The highest BCUT2D eigenvalue weighted by Crippen LogP contribution is 2.39. The molecule has 2 aliphatic carbocycles. The first-order valence-electron chi connectivity index (χ1n) is 5.35. The van der Waals surface area contributed by atoms with Gasteiger partial charge in [-0.15, -0.1) is 0 Å². The average molecular weight is 232 g/mol. The van der Waals surface area contributed by atoms with E-state index in [0.717, 1.165) is 11.8 Å². The van der Waals surface area contributed by atoms with Crippen molar-refractivity contribution in [2.24, 2.45) is 11.8 Å². The molecule has 0 heterocycles. The van der Waals surface area contributed by atoms with Gasteiger partial charge in [0, 0.05) is 0 Å². The summed E-state index contributed by atoms with van der Waals surface area (Å²) in [6, 6.07) is 0. The first-order chi connectivity index (χ1) is 6.38. The molecule has 0 unspecified atom stereocenters. The summed E-state index contributed by atoms with van der Waals surface area (Å²) in [6.07, 6.45) is 12.4. The van der Waals surface area contributed by atoms with Gasteiger partial charge in [0.1, 0.15) is 0 Å². The van der Waals surface area contributed by atoms with Crippen molar-refractivity contribution < 1.29 is 9.46 Å². The lowest BCUT2D eigenvalue weighted by Gasteiger charge is -2.16. The van der Waals surface area contributed by atoms with Crippen molar-refractivity contribution in [3.05, 3.63) is 0 Å². The highest BCUT2D eigenvalue weighted by molar-refractivity contribution is 7.16. The van der Waals surface area contributed by atoms with Crippen LogP contribution in [0.5, 0.6) is 0 Å². The molecule has 0 aromatic heterocycles. The van der Waals surface area contributed by atoms with Gasteiger partial charge >= 0.3 is 8.69 Å². The molecule has 2 aliphatic rings. The Hall–Kier alpha value is 0.592. The fourth-order valence-corrected chi connectivity index (χ4v) is 2.86. The van der Waals surface area contributed by atoms with Crippen LogP contribution in [0.3, 0.4) is 0 Å². The molecule has 2 nitrogen and oxygen atoms in total. The summed E-state index contributed by atoms with van der Waals surface area (Å²) in [5.74, 6) is 2.31. The fourth-order valence-electron chi connectivity index (χ4n) is 2.86. The van der Waals surface area contributed by atoms with Crippen LogP contribution < -0.4 is 0 Å². The van der Waals surface area contributed by atoms with Crippen LogP contribution in [0.2, 0.25) is 0 Å². The number of hydrogen-bond donors (Lipinski definition) is 1. The van der Waals surface area contributed by atoms with E-state index in [9.17, 15) is 0 Å². The van der Waals surface area contributed by atoms with Crippen LogP contribution >= 0.6 is 8.69 Å². The van der Waals surface area contributed by atoms with Crippen LogP contribution in [0.25, 0.3) is 0 Å². The van der Waals surface area contributed by atoms with E-state index in [1.807, 2.05) is 0 Å². The zero-order chi connectivity index (χ0) is 9.52. The van der Waals surface area contributed by atoms with Crippen molar-refractivity contribution in [3.8, 4) is 0 Å². The van der Waals surface area contributed by atoms with Crippen LogP contribution in [-0.2, 0) is 4.57 Å². The third-order valence-electron chi connectivity index (χ3n) is 3.47. The highest BCUT2D eigenvalue weighted by Gasteiger charge is 2.26. The first-order valence-corrected chi connectivity index (χ1v) is 6.11. The second kappa shape index (κ2) is 8.87. The van der Waals surface area contributed by atoms with E-state index in [2.05, 4.69) is 0 Å². The van der Waals surface area contributed by atoms with E-state index in [4.69, 9.17) is 9.46 Å². The Labute approximate surface area is 98.9 Å². The summed E-state index contributed by atoms with van der Waals surface area (Å²) in [7, 11) is -0.833. The maximum Gasteiger partial charge on any atom is 0.324 e. The molecule has 2 rings (SSSR count). The SMILES string of the molecule is C1CCC(C2CCCC2)C1.O=PO.[AlH3]. The van der Waals surface area contributed by atoms with Gasteiger partial charge in [0.25, 0.3) is 0 Å². The maximum absolute atomic E-state index is 8.46. The normalized spacial score (nSPS) is 22.9. The van der Waals surface area contributed by atoms with E-state index >= 15 is 0 Å². The molecule has 0 bridgehead atoms. The van der Waals surface area contributed by atoms with Crippen molar-refractivity contribution >= 4 is 26.0 Å². The third-order valence-corrected chi connectivity index (χ3v) is 3.47. The Kier molecular flexibility index (Phi) is 9.24. The molecule has 2 fully saturated rings. The minimum atomic E-state index is -0.833. The summed E-state index contributed by atoms with van der Waals surface area (Å²) in [5.41, 5.74) is 0. The third kappa shape index (κ3) is 4.90. The van der Waals surface area contributed by atoms with E-state index in [0.29, 0.717) is 0 Å². The van der Waals surface area contributed by atoms with Gasteiger partial charge in [-0.1, -0.05) is 51.4 Å². The molecule has 0 atom stereocenters. The van der Waals surface area contributed by atoms with Gasteiger partial charge in [-0.25, -0.2) is 4.57 Å². The number of hydrogen-bond acceptors (Lipinski definition) is 1. The summed E-state index contributed by atoms with van der Waals surface area (Å²) >= 11 is 0. The standard InChI is InChI=1S/C10H18.Al.HO2P.3H/c1-2-6-9(5-1)10-7-3-4-8-10;;1-3-2;;;/h9-10H,1-8H2;;(H,1,2);;;. The zero-order valence-electron chi connectivity index (χ0n) is 8.11. The predicted molar refractivity (Wildman–Crippen MR) is 63.7 cm³/mol. The van der Waals surface area contributed by atoms with E-state index in [1.54, 1.807) is 25.7 Å². The van der Waals surface area contributed by atoms with Crippen molar-refractivity contribution in [2.45, 2.75) is 51.4 Å². The lowest BCUT2D eigenvalue weighted by atomic mass is 9.90. The van der Waals surface area contributed by atoms with Crippen LogP contribution in [0.15, 0.2) is 0 Å². The van der Waals surface area contributed by atoms with Gasteiger partial charge in [0.05, 0.1) is 0 Å². The second-order valence-corrected chi connectivity index (χ2v) is 4.33. The molecule has 0 aromatic rings. The van der Waals surface area contributed by atoms with Gasteiger partial charge in [-0.05, 0) is 11.8 Å². The molecular formula is C10H22AlO2P. The molecule has 0 spiro atoms. The molecule has 0 aromatic carbocycles.